The number of rotatable bonds is 45. The zero-order chi connectivity index (χ0) is 45.8. The standard InChI is InChI=1S/C57H94O6/c1-4-7-10-13-16-19-22-24-26-28-30-32-35-37-40-43-46-49-55(58)61-52-54(63-57(60)51-48-45-42-39-34-21-18-15-12-9-6-3)53-62-56(59)50-47-44-41-38-36-33-31-29-27-25-23-20-17-14-11-8-5-2/h16-17,19-20,24-27,30-33,37-38,40-41,54H,4-15,18,21-23,28-29,34-36,39,42-53H2,1-3H3. The van der Waals surface area contributed by atoms with Crippen molar-refractivity contribution in [2.24, 2.45) is 0 Å². The molecular formula is C57H94O6. The maximum Gasteiger partial charge on any atom is 0.306 e. The first-order chi connectivity index (χ1) is 31.0. The van der Waals surface area contributed by atoms with Crippen molar-refractivity contribution in [2.45, 2.75) is 232 Å². The molecule has 6 heteroatoms. The summed E-state index contributed by atoms with van der Waals surface area (Å²) in [6, 6.07) is 0. The summed E-state index contributed by atoms with van der Waals surface area (Å²) >= 11 is 0. The van der Waals surface area contributed by atoms with Crippen molar-refractivity contribution in [2.75, 3.05) is 13.2 Å². The van der Waals surface area contributed by atoms with Crippen molar-refractivity contribution in [3.8, 4) is 0 Å². The molecule has 0 saturated carbocycles. The second kappa shape index (κ2) is 51.0. The molecule has 0 saturated heterocycles. The minimum Gasteiger partial charge on any atom is -0.462 e. The molecule has 0 radical (unpaired) electrons. The first-order valence-corrected chi connectivity index (χ1v) is 25.7. The third-order valence-corrected chi connectivity index (χ3v) is 10.6. The van der Waals surface area contributed by atoms with E-state index < -0.39 is 6.10 Å². The molecule has 0 aromatic heterocycles. The lowest BCUT2D eigenvalue weighted by Crippen LogP contribution is -2.30. The molecule has 63 heavy (non-hydrogen) atoms. The van der Waals surface area contributed by atoms with Crippen molar-refractivity contribution in [1.82, 2.24) is 0 Å². The number of hydrogen-bond donors (Lipinski definition) is 0. The highest BCUT2D eigenvalue weighted by Gasteiger charge is 2.19. The number of esters is 3. The summed E-state index contributed by atoms with van der Waals surface area (Å²) < 4.78 is 16.7. The van der Waals surface area contributed by atoms with E-state index in [1.54, 1.807) is 0 Å². The van der Waals surface area contributed by atoms with E-state index in [0.717, 1.165) is 70.6 Å². The van der Waals surface area contributed by atoms with Gasteiger partial charge in [-0.1, -0.05) is 208 Å². The van der Waals surface area contributed by atoms with Crippen LogP contribution in [0.15, 0.2) is 97.2 Å². The van der Waals surface area contributed by atoms with E-state index in [1.807, 2.05) is 0 Å². The second-order valence-electron chi connectivity index (χ2n) is 16.7. The fourth-order valence-corrected chi connectivity index (χ4v) is 6.66. The minimum atomic E-state index is -0.819. The van der Waals surface area contributed by atoms with Crippen LogP contribution in [-0.2, 0) is 28.6 Å². The number of unbranched alkanes of at least 4 members (excludes halogenated alkanes) is 18. The summed E-state index contributed by atoms with van der Waals surface area (Å²) in [5.41, 5.74) is 0. The second-order valence-corrected chi connectivity index (χ2v) is 16.7. The first-order valence-electron chi connectivity index (χ1n) is 25.7. The smallest absolute Gasteiger partial charge is 0.306 e. The fourth-order valence-electron chi connectivity index (χ4n) is 6.66. The monoisotopic (exact) mass is 875 g/mol. The van der Waals surface area contributed by atoms with E-state index in [-0.39, 0.29) is 44.0 Å². The normalized spacial score (nSPS) is 12.9. The molecule has 0 aliphatic carbocycles. The SMILES string of the molecule is CCCCCC=CCC=CCC=CCC=CCCCC(=O)OCC(COC(=O)CCCC=CCC=CCC=CCC=CCCCCC)OC(=O)CCCCCCCCCCCCC. The lowest BCUT2D eigenvalue weighted by atomic mass is 10.1. The molecule has 0 unspecified atom stereocenters. The molecule has 0 amide bonds. The summed E-state index contributed by atoms with van der Waals surface area (Å²) in [6.45, 7) is 6.47. The van der Waals surface area contributed by atoms with Crippen molar-refractivity contribution in [1.29, 1.82) is 0 Å². The van der Waals surface area contributed by atoms with Gasteiger partial charge in [0.2, 0.25) is 0 Å². The molecule has 358 valence electrons. The van der Waals surface area contributed by atoms with Crippen LogP contribution in [0.3, 0.4) is 0 Å². The average Bonchev–Trinajstić information content (AvgIpc) is 3.28. The van der Waals surface area contributed by atoms with Gasteiger partial charge in [0.1, 0.15) is 13.2 Å². The van der Waals surface area contributed by atoms with E-state index >= 15 is 0 Å². The Kier molecular flexibility index (Phi) is 48.0. The van der Waals surface area contributed by atoms with E-state index in [2.05, 4.69) is 118 Å². The molecule has 0 aromatic carbocycles. The van der Waals surface area contributed by atoms with Crippen molar-refractivity contribution in [3.63, 3.8) is 0 Å². The Morgan fingerprint density at radius 2 is 0.587 bits per heavy atom. The Balaban J connectivity index is 4.54. The van der Waals surface area contributed by atoms with Crippen LogP contribution in [0.5, 0.6) is 0 Å². The van der Waals surface area contributed by atoms with Crippen LogP contribution in [0.2, 0.25) is 0 Å². The van der Waals surface area contributed by atoms with E-state index in [9.17, 15) is 14.4 Å². The van der Waals surface area contributed by atoms with Crippen LogP contribution < -0.4 is 0 Å². The van der Waals surface area contributed by atoms with Gasteiger partial charge in [-0.25, -0.2) is 0 Å². The Morgan fingerprint density at radius 1 is 0.317 bits per heavy atom. The molecule has 0 spiro atoms. The summed E-state index contributed by atoms with van der Waals surface area (Å²) in [4.78, 5) is 37.9. The lowest BCUT2D eigenvalue weighted by molar-refractivity contribution is -0.167. The largest absolute Gasteiger partial charge is 0.462 e. The van der Waals surface area contributed by atoms with E-state index in [4.69, 9.17) is 14.2 Å². The number of carbonyl (C=O) groups excluding carboxylic acids is 3. The van der Waals surface area contributed by atoms with Crippen molar-refractivity contribution < 1.29 is 28.6 Å². The third kappa shape index (κ3) is 49.2. The van der Waals surface area contributed by atoms with Gasteiger partial charge in [0.25, 0.3) is 0 Å². The molecular weight excluding hydrogens is 781 g/mol. The van der Waals surface area contributed by atoms with Gasteiger partial charge in [0.15, 0.2) is 6.10 Å². The maximum absolute atomic E-state index is 12.8. The highest BCUT2D eigenvalue weighted by Crippen LogP contribution is 2.13. The molecule has 0 heterocycles. The van der Waals surface area contributed by atoms with Gasteiger partial charge in [0.05, 0.1) is 0 Å². The molecule has 0 rings (SSSR count). The average molecular weight is 875 g/mol. The molecule has 0 fully saturated rings. The molecule has 0 aliphatic rings. The number of hydrogen-bond acceptors (Lipinski definition) is 6. The lowest BCUT2D eigenvalue weighted by Gasteiger charge is -2.18. The molecule has 0 atom stereocenters. The Morgan fingerprint density at radius 3 is 0.937 bits per heavy atom. The van der Waals surface area contributed by atoms with Crippen LogP contribution in [0.4, 0.5) is 0 Å². The van der Waals surface area contributed by atoms with E-state index in [1.165, 1.54) is 103 Å². The minimum absolute atomic E-state index is 0.122. The van der Waals surface area contributed by atoms with Gasteiger partial charge in [-0.15, -0.1) is 0 Å². The predicted octanol–water partition coefficient (Wildman–Crippen LogP) is 17.0. The molecule has 0 bridgehead atoms. The van der Waals surface area contributed by atoms with Crippen LogP contribution in [0.25, 0.3) is 0 Å². The van der Waals surface area contributed by atoms with Gasteiger partial charge in [0, 0.05) is 19.3 Å². The van der Waals surface area contributed by atoms with Crippen LogP contribution in [-0.4, -0.2) is 37.2 Å². The summed E-state index contributed by atoms with van der Waals surface area (Å²) in [5.74, 6) is -1.03. The van der Waals surface area contributed by atoms with Crippen LogP contribution >= 0.6 is 0 Å². The molecule has 0 N–H and O–H groups in total. The maximum atomic E-state index is 12.8. The van der Waals surface area contributed by atoms with Crippen LogP contribution in [0, 0.1) is 0 Å². The van der Waals surface area contributed by atoms with E-state index in [0.29, 0.717) is 19.3 Å². The Labute approximate surface area is 387 Å². The summed E-state index contributed by atoms with van der Waals surface area (Å²) in [6.07, 6.45) is 66.8. The predicted molar refractivity (Wildman–Crippen MR) is 270 cm³/mol. The van der Waals surface area contributed by atoms with Gasteiger partial charge < -0.3 is 14.2 Å². The highest BCUT2D eigenvalue weighted by molar-refractivity contribution is 5.71. The zero-order valence-corrected chi connectivity index (χ0v) is 40.8. The van der Waals surface area contributed by atoms with Gasteiger partial charge >= 0.3 is 17.9 Å². The first kappa shape index (κ1) is 59.3. The number of allylic oxidation sites excluding steroid dienone is 16. The summed E-state index contributed by atoms with van der Waals surface area (Å²) in [7, 11) is 0. The van der Waals surface area contributed by atoms with Gasteiger partial charge in [-0.3, -0.25) is 14.4 Å². The highest BCUT2D eigenvalue weighted by atomic mass is 16.6. The fraction of sp³-hybridized carbons (Fsp3) is 0.667. The Hall–Kier alpha value is -3.67. The third-order valence-electron chi connectivity index (χ3n) is 10.6. The van der Waals surface area contributed by atoms with Crippen molar-refractivity contribution >= 4 is 17.9 Å². The van der Waals surface area contributed by atoms with Crippen LogP contribution in [0.1, 0.15) is 226 Å². The Bertz CT molecular complexity index is 1200. The topological polar surface area (TPSA) is 78.9 Å². The summed E-state index contributed by atoms with van der Waals surface area (Å²) in [5, 5.41) is 0. The molecule has 0 aromatic rings. The number of ether oxygens (including phenoxy) is 3. The quantitative estimate of drug-likeness (QED) is 0.0262. The number of carbonyl (C=O) groups is 3. The van der Waals surface area contributed by atoms with Gasteiger partial charge in [-0.2, -0.15) is 0 Å². The van der Waals surface area contributed by atoms with Crippen molar-refractivity contribution in [3.05, 3.63) is 97.2 Å². The molecule has 0 aliphatic heterocycles. The zero-order valence-electron chi connectivity index (χ0n) is 40.8. The van der Waals surface area contributed by atoms with Gasteiger partial charge in [-0.05, 0) is 96.3 Å². The molecule has 6 nitrogen and oxygen atoms in total.